The van der Waals surface area contributed by atoms with Crippen LogP contribution in [0.3, 0.4) is 0 Å². The summed E-state index contributed by atoms with van der Waals surface area (Å²) in [4.78, 5) is 3.77. The summed E-state index contributed by atoms with van der Waals surface area (Å²) in [5.74, 6) is -10.1. The van der Waals surface area contributed by atoms with Crippen molar-refractivity contribution < 1.29 is 22.0 Å². The van der Waals surface area contributed by atoms with Crippen LogP contribution >= 0.6 is 0 Å². The van der Waals surface area contributed by atoms with Gasteiger partial charge in [0.1, 0.15) is 5.82 Å². The van der Waals surface area contributed by atoms with Crippen molar-refractivity contribution >= 4 is 0 Å². The standard InChI is InChI=1S/C11H6F5N3/c12-5-4(6(13)8(15)9(16)7(5)14)11-17-10(18-19-11)3-1-2-3/h3H,1-2H2,(H,17,18,19). The van der Waals surface area contributed by atoms with Gasteiger partial charge in [-0.3, -0.25) is 5.10 Å². The molecule has 1 aromatic heterocycles. The highest BCUT2D eigenvalue weighted by atomic mass is 19.2. The van der Waals surface area contributed by atoms with Gasteiger partial charge in [0, 0.05) is 5.92 Å². The average molecular weight is 275 g/mol. The number of halogens is 5. The van der Waals surface area contributed by atoms with Crippen LogP contribution < -0.4 is 0 Å². The summed E-state index contributed by atoms with van der Waals surface area (Å²) >= 11 is 0. The molecule has 0 atom stereocenters. The number of benzene rings is 1. The van der Waals surface area contributed by atoms with E-state index in [1.54, 1.807) is 0 Å². The lowest BCUT2D eigenvalue weighted by molar-refractivity contribution is 0.381. The second-order valence-corrected chi connectivity index (χ2v) is 4.26. The highest BCUT2D eigenvalue weighted by molar-refractivity contribution is 5.57. The Morgan fingerprint density at radius 2 is 1.37 bits per heavy atom. The molecule has 0 bridgehead atoms. The van der Waals surface area contributed by atoms with Crippen LogP contribution in [0.25, 0.3) is 11.4 Å². The Labute approximate surface area is 103 Å². The first kappa shape index (κ1) is 12.1. The monoisotopic (exact) mass is 275 g/mol. The Hall–Kier alpha value is -1.99. The predicted molar refractivity (Wildman–Crippen MR) is 53.6 cm³/mol. The SMILES string of the molecule is Fc1c(F)c(F)c(-c2n[nH]c(C3CC3)n2)c(F)c1F. The third-order valence-corrected chi connectivity index (χ3v) is 2.90. The quantitative estimate of drug-likeness (QED) is 0.520. The van der Waals surface area contributed by atoms with Crippen LogP contribution in [0.5, 0.6) is 0 Å². The van der Waals surface area contributed by atoms with E-state index >= 15 is 0 Å². The lowest BCUT2D eigenvalue weighted by Crippen LogP contribution is -2.04. The zero-order chi connectivity index (χ0) is 13.7. The van der Waals surface area contributed by atoms with Crippen molar-refractivity contribution in [1.82, 2.24) is 15.2 Å². The average Bonchev–Trinajstić information content (AvgIpc) is 3.14. The van der Waals surface area contributed by atoms with E-state index in [2.05, 4.69) is 15.2 Å². The predicted octanol–water partition coefficient (Wildman–Crippen LogP) is 3.04. The minimum Gasteiger partial charge on any atom is -0.262 e. The fraction of sp³-hybridized carbons (Fsp3) is 0.273. The van der Waals surface area contributed by atoms with E-state index in [0.717, 1.165) is 12.8 Å². The minimum atomic E-state index is -2.20. The fourth-order valence-corrected chi connectivity index (χ4v) is 1.73. The Balaban J connectivity index is 2.17. The Morgan fingerprint density at radius 1 is 0.842 bits per heavy atom. The molecular weight excluding hydrogens is 269 g/mol. The topological polar surface area (TPSA) is 41.6 Å². The number of aromatic nitrogens is 3. The van der Waals surface area contributed by atoms with Crippen LogP contribution in [-0.4, -0.2) is 15.2 Å². The van der Waals surface area contributed by atoms with Crippen molar-refractivity contribution in [3.05, 3.63) is 34.9 Å². The number of nitrogens with zero attached hydrogens (tertiary/aromatic N) is 2. The van der Waals surface area contributed by atoms with Crippen molar-refractivity contribution in [2.45, 2.75) is 18.8 Å². The van der Waals surface area contributed by atoms with Crippen molar-refractivity contribution in [3.8, 4) is 11.4 Å². The summed E-state index contributed by atoms with van der Waals surface area (Å²) in [5, 5.41) is 5.95. The third-order valence-electron chi connectivity index (χ3n) is 2.90. The highest BCUT2D eigenvalue weighted by Crippen LogP contribution is 2.39. The maximum atomic E-state index is 13.5. The molecule has 2 aromatic rings. The lowest BCUT2D eigenvalue weighted by atomic mass is 10.1. The van der Waals surface area contributed by atoms with Crippen molar-refractivity contribution in [3.63, 3.8) is 0 Å². The van der Waals surface area contributed by atoms with E-state index in [1.165, 1.54) is 0 Å². The van der Waals surface area contributed by atoms with Gasteiger partial charge in [0.25, 0.3) is 0 Å². The van der Waals surface area contributed by atoms with Crippen LogP contribution in [0.2, 0.25) is 0 Å². The van der Waals surface area contributed by atoms with Gasteiger partial charge in [-0.1, -0.05) is 0 Å². The molecule has 0 saturated heterocycles. The maximum Gasteiger partial charge on any atom is 0.200 e. The molecule has 1 aromatic carbocycles. The Kier molecular flexibility index (Phi) is 2.54. The molecule has 0 radical (unpaired) electrons. The van der Waals surface area contributed by atoms with Gasteiger partial charge >= 0.3 is 0 Å². The summed E-state index contributed by atoms with van der Waals surface area (Å²) in [6.45, 7) is 0. The Morgan fingerprint density at radius 3 is 1.89 bits per heavy atom. The first-order chi connectivity index (χ1) is 9.00. The van der Waals surface area contributed by atoms with Gasteiger partial charge in [-0.15, -0.1) is 0 Å². The number of hydrogen-bond donors (Lipinski definition) is 1. The largest absolute Gasteiger partial charge is 0.262 e. The summed E-state index contributed by atoms with van der Waals surface area (Å²) < 4.78 is 66.0. The number of aromatic amines is 1. The molecule has 0 aliphatic heterocycles. The van der Waals surface area contributed by atoms with E-state index in [-0.39, 0.29) is 5.92 Å². The van der Waals surface area contributed by atoms with E-state index in [4.69, 9.17) is 0 Å². The van der Waals surface area contributed by atoms with Gasteiger partial charge in [-0.2, -0.15) is 5.10 Å². The molecule has 1 aliphatic rings. The fourth-order valence-electron chi connectivity index (χ4n) is 1.73. The minimum absolute atomic E-state index is 0.113. The molecule has 0 unspecified atom stereocenters. The van der Waals surface area contributed by atoms with Crippen LogP contribution in [0.4, 0.5) is 22.0 Å². The van der Waals surface area contributed by atoms with Crippen molar-refractivity contribution in [2.24, 2.45) is 0 Å². The maximum absolute atomic E-state index is 13.5. The van der Waals surface area contributed by atoms with Crippen LogP contribution in [0.1, 0.15) is 24.6 Å². The number of hydrogen-bond acceptors (Lipinski definition) is 2. The lowest BCUT2D eigenvalue weighted by Gasteiger charge is -2.04. The molecular formula is C11H6F5N3. The first-order valence-electron chi connectivity index (χ1n) is 5.44. The van der Waals surface area contributed by atoms with Crippen molar-refractivity contribution in [2.75, 3.05) is 0 Å². The van der Waals surface area contributed by atoms with Crippen LogP contribution in [0.15, 0.2) is 0 Å². The highest BCUT2D eigenvalue weighted by Gasteiger charge is 2.31. The molecule has 3 rings (SSSR count). The smallest absolute Gasteiger partial charge is 0.200 e. The van der Waals surface area contributed by atoms with E-state index < -0.39 is 40.5 Å². The van der Waals surface area contributed by atoms with Crippen molar-refractivity contribution in [1.29, 1.82) is 0 Å². The zero-order valence-electron chi connectivity index (χ0n) is 9.28. The molecule has 0 amide bonds. The van der Waals surface area contributed by atoms with Gasteiger partial charge in [0.2, 0.25) is 5.82 Å². The Bertz CT molecular complexity index is 634. The first-order valence-corrected chi connectivity index (χ1v) is 5.44. The molecule has 1 fully saturated rings. The molecule has 1 heterocycles. The summed E-state index contributed by atoms with van der Waals surface area (Å²) in [6, 6.07) is 0. The summed E-state index contributed by atoms with van der Waals surface area (Å²) in [6.07, 6.45) is 1.71. The van der Waals surface area contributed by atoms with E-state index in [1.807, 2.05) is 0 Å². The van der Waals surface area contributed by atoms with Crippen LogP contribution in [0, 0.1) is 29.1 Å². The molecule has 1 N–H and O–H groups in total. The number of rotatable bonds is 2. The van der Waals surface area contributed by atoms with Gasteiger partial charge in [-0.25, -0.2) is 26.9 Å². The molecule has 8 heteroatoms. The van der Waals surface area contributed by atoms with E-state index in [9.17, 15) is 22.0 Å². The second kappa shape index (κ2) is 4.01. The zero-order valence-corrected chi connectivity index (χ0v) is 9.28. The van der Waals surface area contributed by atoms with Gasteiger partial charge < -0.3 is 0 Å². The summed E-state index contributed by atoms with van der Waals surface area (Å²) in [7, 11) is 0. The van der Waals surface area contributed by atoms with Gasteiger partial charge in [0.05, 0.1) is 5.56 Å². The molecule has 19 heavy (non-hydrogen) atoms. The second-order valence-electron chi connectivity index (χ2n) is 4.26. The van der Waals surface area contributed by atoms with Gasteiger partial charge in [0.15, 0.2) is 29.1 Å². The molecule has 3 nitrogen and oxygen atoms in total. The molecule has 1 aliphatic carbocycles. The number of H-pyrrole nitrogens is 1. The molecule has 100 valence electrons. The number of nitrogens with one attached hydrogen (secondary N) is 1. The van der Waals surface area contributed by atoms with E-state index in [0.29, 0.717) is 5.82 Å². The van der Waals surface area contributed by atoms with Crippen LogP contribution in [-0.2, 0) is 0 Å². The molecule has 1 saturated carbocycles. The normalized spacial score (nSPS) is 15.0. The summed E-state index contributed by atoms with van der Waals surface area (Å²) in [5.41, 5.74) is -1.11. The van der Waals surface area contributed by atoms with Gasteiger partial charge in [-0.05, 0) is 12.8 Å². The third kappa shape index (κ3) is 1.78. The molecule has 0 spiro atoms.